The number of hydrogen-bond donors (Lipinski definition) is 1. The first-order valence-electron chi connectivity index (χ1n) is 3.44. The molecule has 0 radical (unpaired) electrons. The van der Waals surface area contributed by atoms with Gasteiger partial charge in [0.1, 0.15) is 0 Å². The smallest absolute Gasteiger partial charge is 0.315 e. The molecule has 0 unspecified atom stereocenters. The zero-order valence-corrected chi connectivity index (χ0v) is 6.24. The average Bonchev–Trinajstić information content (AvgIpc) is 1.79. The molecule has 0 aliphatic carbocycles. The Bertz CT molecular complexity index is 217. The van der Waals surface area contributed by atoms with Crippen molar-refractivity contribution in [3.63, 3.8) is 0 Å². The Kier molecular flexibility index (Phi) is 2.23. The van der Waals surface area contributed by atoms with Crippen molar-refractivity contribution in [3.05, 3.63) is 12.2 Å². The summed E-state index contributed by atoms with van der Waals surface area (Å²) in [5, 5.41) is 2.72. The molecule has 0 aromatic heterocycles. The van der Waals surface area contributed by atoms with Gasteiger partial charge in [-0.15, -0.1) is 0 Å². The number of carbonyl (C=O) groups excluding carboxylic acids is 1. The summed E-state index contributed by atoms with van der Waals surface area (Å²) in [5.41, 5.74) is -1.24. The Hall–Kier alpha value is -0.840. The molecule has 0 saturated carbocycles. The number of nitrogens with one attached hydrogen (secondary N) is 1. The van der Waals surface area contributed by atoms with Crippen molar-refractivity contribution in [2.24, 2.45) is 5.92 Å². The first kappa shape index (κ1) is 9.25. The van der Waals surface area contributed by atoms with Crippen LogP contribution in [0.3, 0.4) is 0 Å². The summed E-state index contributed by atoms with van der Waals surface area (Å²) in [6.45, 7) is 3.38. The van der Waals surface area contributed by atoms with Crippen LogP contribution in [0.25, 0.3) is 0 Å². The van der Waals surface area contributed by atoms with Crippen LogP contribution in [-0.4, -0.2) is 25.0 Å². The highest BCUT2D eigenvalue weighted by molar-refractivity contribution is 5.98. The van der Waals surface area contributed by atoms with E-state index in [2.05, 4.69) is 11.9 Å². The number of halogens is 3. The summed E-state index contributed by atoms with van der Waals surface area (Å²) in [5.74, 6) is -1.42. The molecule has 1 saturated heterocycles. The molecule has 0 aromatic rings. The maximum Gasteiger partial charge on any atom is 0.419 e. The van der Waals surface area contributed by atoms with Crippen LogP contribution < -0.4 is 5.32 Å². The lowest BCUT2D eigenvalue weighted by atomic mass is 9.93. The van der Waals surface area contributed by atoms with Crippen molar-refractivity contribution in [1.82, 2.24) is 5.32 Å². The summed E-state index contributed by atoms with van der Waals surface area (Å²) < 4.78 is 35.6. The van der Waals surface area contributed by atoms with Crippen LogP contribution in [0.1, 0.15) is 0 Å². The Labute approximate surface area is 67.4 Å². The van der Waals surface area contributed by atoms with Crippen molar-refractivity contribution < 1.29 is 18.0 Å². The highest BCUT2D eigenvalue weighted by Crippen LogP contribution is 2.27. The van der Waals surface area contributed by atoms with Crippen LogP contribution in [0.15, 0.2) is 12.2 Å². The van der Waals surface area contributed by atoms with Gasteiger partial charge in [-0.3, -0.25) is 4.79 Å². The monoisotopic (exact) mass is 179 g/mol. The third kappa shape index (κ3) is 1.66. The molecule has 1 aliphatic rings. The number of hydrogen-bond acceptors (Lipinski definition) is 2. The van der Waals surface area contributed by atoms with Crippen molar-refractivity contribution in [1.29, 1.82) is 0 Å². The molecule has 1 N–H and O–H groups in total. The lowest BCUT2D eigenvalue weighted by molar-refractivity contribution is -0.133. The number of ketones is 1. The highest BCUT2D eigenvalue weighted by atomic mass is 19.4. The van der Waals surface area contributed by atoms with Crippen LogP contribution in [-0.2, 0) is 4.79 Å². The van der Waals surface area contributed by atoms with Gasteiger partial charge < -0.3 is 5.32 Å². The summed E-state index contributed by atoms with van der Waals surface area (Å²) in [7, 11) is 0. The predicted octanol–water partition coefficient (Wildman–Crippen LogP) is 0.893. The van der Waals surface area contributed by atoms with Gasteiger partial charge >= 0.3 is 6.18 Å². The van der Waals surface area contributed by atoms with E-state index in [0.717, 1.165) is 0 Å². The molecule has 1 aliphatic heterocycles. The van der Waals surface area contributed by atoms with E-state index in [-0.39, 0.29) is 0 Å². The topological polar surface area (TPSA) is 29.1 Å². The van der Waals surface area contributed by atoms with Gasteiger partial charge in [0, 0.05) is 19.0 Å². The lowest BCUT2D eigenvalue weighted by Gasteiger charge is -2.26. The summed E-state index contributed by atoms with van der Waals surface area (Å²) >= 11 is 0. The van der Waals surface area contributed by atoms with Gasteiger partial charge in [0.2, 0.25) is 0 Å². The van der Waals surface area contributed by atoms with Crippen LogP contribution in [0.2, 0.25) is 0 Å². The third-order valence-corrected chi connectivity index (χ3v) is 1.79. The number of carbonyl (C=O) groups is 1. The fourth-order valence-corrected chi connectivity index (χ4v) is 0.860. The van der Waals surface area contributed by atoms with Crippen LogP contribution in [0, 0.1) is 5.92 Å². The molecular formula is C7H8F3NO. The van der Waals surface area contributed by atoms with Gasteiger partial charge in [0.25, 0.3) is 0 Å². The van der Waals surface area contributed by atoms with Gasteiger partial charge in [-0.05, 0) is 0 Å². The molecule has 1 rings (SSSR count). The quantitative estimate of drug-likeness (QED) is 0.638. The molecule has 0 bridgehead atoms. The number of rotatable bonds is 2. The van der Waals surface area contributed by atoms with E-state index in [1.54, 1.807) is 0 Å². The molecule has 0 atom stereocenters. The van der Waals surface area contributed by atoms with E-state index in [4.69, 9.17) is 0 Å². The van der Waals surface area contributed by atoms with Crippen LogP contribution in [0.5, 0.6) is 0 Å². The van der Waals surface area contributed by atoms with Gasteiger partial charge in [0.15, 0.2) is 5.78 Å². The predicted molar refractivity (Wildman–Crippen MR) is 36.6 cm³/mol. The van der Waals surface area contributed by atoms with Gasteiger partial charge in [-0.25, -0.2) is 0 Å². The first-order chi connectivity index (χ1) is 5.43. The third-order valence-electron chi connectivity index (χ3n) is 1.79. The summed E-state index contributed by atoms with van der Waals surface area (Å²) in [4.78, 5) is 10.9. The Morgan fingerprint density at radius 2 is 1.92 bits per heavy atom. The molecule has 5 heteroatoms. The zero-order chi connectivity index (χ0) is 9.35. The Morgan fingerprint density at radius 3 is 2.17 bits per heavy atom. The SMILES string of the molecule is C=C(C(=O)C1CNC1)C(F)(F)F. The number of alkyl halides is 3. The second-order valence-corrected chi connectivity index (χ2v) is 2.70. The lowest BCUT2D eigenvalue weighted by Crippen LogP contribution is -2.48. The summed E-state index contributed by atoms with van der Waals surface area (Å²) in [6, 6.07) is 0. The average molecular weight is 179 g/mol. The zero-order valence-electron chi connectivity index (χ0n) is 6.24. The largest absolute Gasteiger partial charge is 0.419 e. The summed E-state index contributed by atoms with van der Waals surface area (Å²) in [6.07, 6.45) is -4.58. The van der Waals surface area contributed by atoms with Crippen LogP contribution >= 0.6 is 0 Å². The van der Waals surface area contributed by atoms with E-state index in [1.807, 2.05) is 0 Å². The molecule has 2 nitrogen and oxygen atoms in total. The van der Waals surface area contributed by atoms with Gasteiger partial charge in [0.05, 0.1) is 5.57 Å². The molecule has 1 fully saturated rings. The molecule has 0 spiro atoms. The van der Waals surface area contributed by atoms with Crippen molar-refractivity contribution in [3.8, 4) is 0 Å². The van der Waals surface area contributed by atoms with E-state index in [0.29, 0.717) is 13.1 Å². The minimum atomic E-state index is -4.58. The molecule has 68 valence electrons. The Balaban J connectivity index is 2.58. The second kappa shape index (κ2) is 2.90. The highest BCUT2D eigenvalue weighted by Gasteiger charge is 2.40. The standard InChI is InChI=1S/C7H8F3NO/c1-4(7(8,9)10)6(12)5-2-11-3-5/h5,11H,1-3H2. The molecule has 1 heterocycles. The van der Waals surface area contributed by atoms with Gasteiger partial charge in [-0.1, -0.05) is 6.58 Å². The van der Waals surface area contributed by atoms with Crippen molar-refractivity contribution in [2.75, 3.05) is 13.1 Å². The maximum absolute atomic E-state index is 11.9. The van der Waals surface area contributed by atoms with Crippen molar-refractivity contribution >= 4 is 5.78 Å². The minimum Gasteiger partial charge on any atom is -0.315 e. The fraction of sp³-hybridized carbons (Fsp3) is 0.571. The van der Waals surface area contributed by atoms with E-state index in [9.17, 15) is 18.0 Å². The minimum absolute atomic E-state index is 0.327. The number of allylic oxidation sites excluding steroid dienone is 1. The van der Waals surface area contributed by atoms with E-state index in [1.165, 1.54) is 0 Å². The van der Waals surface area contributed by atoms with Crippen LogP contribution in [0.4, 0.5) is 13.2 Å². The number of Topliss-reactive ketones (excluding diaryl/α,β-unsaturated/α-hetero) is 1. The first-order valence-corrected chi connectivity index (χ1v) is 3.44. The second-order valence-electron chi connectivity index (χ2n) is 2.70. The fourth-order valence-electron chi connectivity index (χ4n) is 0.860. The maximum atomic E-state index is 11.9. The van der Waals surface area contributed by atoms with Crippen molar-refractivity contribution in [2.45, 2.75) is 6.18 Å². The van der Waals surface area contributed by atoms with E-state index >= 15 is 0 Å². The Morgan fingerprint density at radius 1 is 1.42 bits per heavy atom. The van der Waals surface area contributed by atoms with E-state index < -0.39 is 23.5 Å². The molecular weight excluding hydrogens is 171 g/mol. The van der Waals surface area contributed by atoms with Gasteiger partial charge in [-0.2, -0.15) is 13.2 Å². The molecule has 0 amide bonds. The normalized spacial score (nSPS) is 18.6. The molecule has 0 aromatic carbocycles. The molecule has 12 heavy (non-hydrogen) atoms.